The third kappa shape index (κ3) is 6.61. The molecular weight excluding hydrogens is 585 g/mol. The lowest BCUT2D eigenvalue weighted by atomic mass is 10.1. The number of carbonyl (C=O) groups excluding carboxylic acids is 3. The predicted octanol–water partition coefficient (Wildman–Crippen LogP) is 3.37. The molecule has 1 atom stereocenters. The van der Waals surface area contributed by atoms with E-state index in [9.17, 15) is 14.4 Å². The lowest BCUT2D eigenvalue weighted by Gasteiger charge is -2.49. The van der Waals surface area contributed by atoms with Gasteiger partial charge in [0.25, 0.3) is 14.2 Å². The molecule has 1 aromatic heterocycles. The molecule has 3 aromatic rings. The molecule has 0 saturated carbocycles. The Morgan fingerprint density at radius 1 is 0.953 bits per heavy atom. The van der Waals surface area contributed by atoms with Crippen molar-refractivity contribution in [1.82, 2.24) is 15.2 Å². The van der Waals surface area contributed by atoms with Crippen LogP contribution in [0.5, 0.6) is 0 Å². The van der Waals surface area contributed by atoms with Gasteiger partial charge in [-0.05, 0) is 15.4 Å². The predicted molar refractivity (Wildman–Crippen MR) is 167 cm³/mol. The second-order valence-corrected chi connectivity index (χ2v) is 17.0. The molecular formula is C31H38N4O6SSi. The van der Waals surface area contributed by atoms with Crippen LogP contribution in [0.15, 0.2) is 66.0 Å². The molecule has 2 saturated heterocycles. The summed E-state index contributed by atoms with van der Waals surface area (Å²) in [6.45, 7) is 11.5. The van der Waals surface area contributed by atoms with Gasteiger partial charge in [0, 0.05) is 45.4 Å². The van der Waals surface area contributed by atoms with Gasteiger partial charge < -0.3 is 29.0 Å². The first kappa shape index (κ1) is 30.7. The number of aromatic nitrogens is 1. The number of ether oxygens (including phenoxy) is 2. The third-order valence-electron chi connectivity index (χ3n) is 7.68. The molecule has 0 bridgehead atoms. The molecule has 228 valence electrons. The van der Waals surface area contributed by atoms with Crippen molar-refractivity contribution >= 4 is 53.1 Å². The van der Waals surface area contributed by atoms with Gasteiger partial charge in [0.05, 0.1) is 12.1 Å². The molecule has 2 aliphatic rings. The van der Waals surface area contributed by atoms with Crippen molar-refractivity contribution in [3.63, 3.8) is 0 Å². The fourth-order valence-electron chi connectivity index (χ4n) is 5.58. The van der Waals surface area contributed by atoms with Crippen molar-refractivity contribution in [3.8, 4) is 0 Å². The summed E-state index contributed by atoms with van der Waals surface area (Å²) in [6, 6.07) is 21.0. The van der Waals surface area contributed by atoms with Gasteiger partial charge in [0.1, 0.15) is 5.69 Å². The highest BCUT2D eigenvalue weighted by Gasteiger charge is 2.52. The molecule has 10 nitrogen and oxygen atoms in total. The Bertz CT molecular complexity index is 1400. The number of carbonyl (C=O) groups is 3. The first-order valence-electron chi connectivity index (χ1n) is 14.4. The van der Waals surface area contributed by atoms with E-state index in [1.165, 1.54) is 40.5 Å². The van der Waals surface area contributed by atoms with E-state index < -0.39 is 26.7 Å². The number of rotatable bonds is 9. The van der Waals surface area contributed by atoms with Crippen LogP contribution in [-0.4, -0.2) is 80.8 Å². The number of nitrogens with zero attached hydrogens (tertiary/aromatic N) is 3. The third-order valence-corrected chi connectivity index (χ3v) is 13.7. The molecule has 0 radical (unpaired) electrons. The Labute approximate surface area is 257 Å². The van der Waals surface area contributed by atoms with Gasteiger partial charge in [-0.1, -0.05) is 81.4 Å². The lowest BCUT2D eigenvalue weighted by Crippen LogP contribution is -2.70. The number of amides is 2. The summed E-state index contributed by atoms with van der Waals surface area (Å²) in [5, 5.41) is 7.86. The minimum Gasteiger partial charge on any atom is -0.426 e. The average molecular weight is 623 g/mol. The zero-order valence-corrected chi connectivity index (χ0v) is 26.9. The normalized spacial score (nSPS) is 16.6. The SMILES string of the molecule is CC(=O)OC(C)OC(=O)N1CC(NC(=O)c2csc(N3CC(O[Si](c4ccccc4)(c4ccccc4)C(C)(C)C)C3)n2)C1. The molecule has 2 aliphatic heterocycles. The van der Waals surface area contributed by atoms with Crippen LogP contribution in [0.3, 0.4) is 0 Å². The molecule has 2 aromatic carbocycles. The molecule has 1 N–H and O–H groups in total. The number of esters is 1. The Morgan fingerprint density at radius 3 is 2.07 bits per heavy atom. The summed E-state index contributed by atoms with van der Waals surface area (Å²) in [5.74, 6) is -0.813. The van der Waals surface area contributed by atoms with Gasteiger partial charge in [-0.25, -0.2) is 9.78 Å². The summed E-state index contributed by atoms with van der Waals surface area (Å²) in [4.78, 5) is 44.2. The van der Waals surface area contributed by atoms with Crippen molar-refractivity contribution < 1.29 is 28.3 Å². The second-order valence-electron chi connectivity index (χ2n) is 12.0. The molecule has 12 heteroatoms. The zero-order chi connectivity index (χ0) is 30.8. The first-order chi connectivity index (χ1) is 20.5. The minimum absolute atomic E-state index is 0.0387. The van der Waals surface area contributed by atoms with Gasteiger partial charge in [0.2, 0.25) is 6.29 Å². The maximum atomic E-state index is 12.8. The van der Waals surface area contributed by atoms with Gasteiger partial charge in [-0.15, -0.1) is 11.3 Å². The molecule has 1 unspecified atom stereocenters. The molecule has 0 aliphatic carbocycles. The van der Waals surface area contributed by atoms with E-state index in [-0.39, 0.29) is 23.1 Å². The lowest BCUT2D eigenvalue weighted by molar-refractivity contribution is -0.163. The fourth-order valence-corrected chi connectivity index (χ4v) is 11.1. The fraction of sp³-hybridized carbons (Fsp3) is 0.419. The van der Waals surface area contributed by atoms with Crippen LogP contribution in [-0.2, 0) is 18.7 Å². The standard InChI is InChI=1S/C31H38N4O6SSi/c1-21(36)39-22(2)40-30(38)35-16-23(17-35)32-28(37)27-20-42-29(33-27)34-18-24(19-34)41-43(31(3,4)5,25-12-8-6-9-13-25)26-14-10-7-11-15-26/h6-15,20,22-24H,16-19H2,1-5H3,(H,32,37). The molecule has 0 spiro atoms. The van der Waals surface area contributed by atoms with Gasteiger partial charge in [-0.3, -0.25) is 9.59 Å². The Balaban J connectivity index is 1.17. The largest absolute Gasteiger partial charge is 0.426 e. The van der Waals surface area contributed by atoms with Crippen LogP contribution in [0, 0.1) is 0 Å². The minimum atomic E-state index is -2.64. The second kappa shape index (κ2) is 12.5. The van der Waals surface area contributed by atoms with Crippen molar-refractivity contribution in [2.45, 2.75) is 58.1 Å². The number of hydrogen-bond acceptors (Lipinski definition) is 9. The van der Waals surface area contributed by atoms with E-state index >= 15 is 0 Å². The van der Waals surface area contributed by atoms with Crippen molar-refractivity contribution in [3.05, 3.63) is 71.7 Å². The number of anilines is 1. The van der Waals surface area contributed by atoms with Gasteiger partial charge in [0.15, 0.2) is 5.13 Å². The van der Waals surface area contributed by atoms with Crippen LogP contribution in [0.2, 0.25) is 5.04 Å². The molecule has 5 rings (SSSR count). The molecule has 2 amide bonds. The van der Waals surface area contributed by atoms with Crippen LogP contribution in [0.1, 0.15) is 45.1 Å². The summed E-state index contributed by atoms with van der Waals surface area (Å²) in [5.41, 5.74) is 0.348. The maximum Gasteiger partial charge on any atom is 0.412 e. The van der Waals surface area contributed by atoms with E-state index in [0.717, 1.165) is 5.13 Å². The Kier molecular flexibility index (Phi) is 8.90. The van der Waals surface area contributed by atoms with Crippen molar-refractivity contribution in [2.24, 2.45) is 0 Å². The van der Waals surface area contributed by atoms with Crippen LogP contribution < -0.4 is 20.6 Å². The van der Waals surface area contributed by atoms with Crippen LogP contribution in [0.4, 0.5) is 9.93 Å². The highest BCUT2D eigenvalue weighted by Crippen LogP contribution is 2.39. The number of benzene rings is 2. The summed E-state index contributed by atoms with van der Waals surface area (Å²) in [7, 11) is -2.64. The van der Waals surface area contributed by atoms with E-state index in [4.69, 9.17) is 13.9 Å². The monoisotopic (exact) mass is 622 g/mol. The number of hydrogen-bond donors (Lipinski definition) is 1. The quantitative estimate of drug-likeness (QED) is 0.220. The summed E-state index contributed by atoms with van der Waals surface area (Å²) >= 11 is 1.43. The van der Waals surface area contributed by atoms with Crippen LogP contribution >= 0.6 is 11.3 Å². The van der Waals surface area contributed by atoms with E-state index in [1.54, 1.807) is 5.38 Å². The van der Waals surface area contributed by atoms with E-state index in [1.807, 2.05) is 12.1 Å². The topological polar surface area (TPSA) is 110 Å². The smallest absolute Gasteiger partial charge is 0.412 e. The average Bonchev–Trinajstić information content (AvgIpc) is 3.39. The van der Waals surface area contributed by atoms with E-state index in [2.05, 4.69) is 84.5 Å². The van der Waals surface area contributed by atoms with E-state index in [0.29, 0.717) is 31.9 Å². The van der Waals surface area contributed by atoms with Crippen molar-refractivity contribution in [1.29, 1.82) is 0 Å². The van der Waals surface area contributed by atoms with Crippen LogP contribution in [0.25, 0.3) is 0 Å². The van der Waals surface area contributed by atoms with Gasteiger partial charge >= 0.3 is 12.1 Å². The number of thiazole rings is 1. The van der Waals surface area contributed by atoms with Crippen molar-refractivity contribution in [2.75, 3.05) is 31.1 Å². The molecule has 3 heterocycles. The Morgan fingerprint density at radius 2 is 1.53 bits per heavy atom. The van der Waals surface area contributed by atoms with Gasteiger partial charge in [-0.2, -0.15) is 0 Å². The summed E-state index contributed by atoms with van der Waals surface area (Å²) in [6.07, 6.45) is -1.53. The molecule has 2 fully saturated rings. The highest BCUT2D eigenvalue weighted by molar-refractivity contribution is 7.14. The Hall–Kier alpha value is -3.74. The highest BCUT2D eigenvalue weighted by atomic mass is 32.1. The molecule has 43 heavy (non-hydrogen) atoms. The maximum absolute atomic E-state index is 12.8. The summed E-state index contributed by atoms with van der Waals surface area (Å²) < 4.78 is 17.1. The number of nitrogens with one attached hydrogen (secondary N) is 1. The number of likely N-dealkylation sites (tertiary alicyclic amines) is 1. The zero-order valence-electron chi connectivity index (χ0n) is 25.1. The first-order valence-corrected chi connectivity index (χ1v) is 17.2.